The summed E-state index contributed by atoms with van der Waals surface area (Å²) < 4.78 is 5.77. The Morgan fingerprint density at radius 2 is 1.90 bits per heavy atom. The second kappa shape index (κ2) is 5.37. The van der Waals surface area contributed by atoms with Gasteiger partial charge in [-0.2, -0.15) is 0 Å². The minimum absolute atomic E-state index is 0.644. The van der Waals surface area contributed by atoms with Crippen molar-refractivity contribution in [3.63, 3.8) is 0 Å². The van der Waals surface area contributed by atoms with Crippen LogP contribution in [0, 0.1) is 13.8 Å². The maximum Gasteiger partial charge on any atom is 0.214 e. The van der Waals surface area contributed by atoms with Crippen molar-refractivity contribution in [3.8, 4) is 5.88 Å². The summed E-state index contributed by atoms with van der Waals surface area (Å²) in [6.45, 7) is 4.80. The van der Waals surface area contributed by atoms with Crippen LogP contribution in [0.3, 0.4) is 0 Å². The molecule has 0 spiro atoms. The summed E-state index contributed by atoms with van der Waals surface area (Å²) in [5.74, 6) is 0.696. The van der Waals surface area contributed by atoms with Gasteiger partial charge in [0, 0.05) is 18.7 Å². The molecule has 0 unspecified atom stereocenters. The highest BCUT2D eigenvalue weighted by atomic mass is 16.5. The summed E-state index contributed by atoms with van der Waals surface area (Å²) in [7, 11) is 0. The number of aromatic nitrogens is 2. The Bertz CT molecular complexity index is 713. The van der Waals surface area contributed by atoms with Gasteiger partial charge in [-0.15, -0.1) is 0 Å². The largest absolute Gasteiger partial charge is 0.477 e. The third kappa shape index (κ3) is 2.67. The average Bonchev–Trinajstić information content (AvgIpc) is 2.90. The Kier molecular flexibility index (Phi) is 3.42. The molecule has 0 fully saturated rings. The van der Waals surface area contributed by atoms with Crippen molar-refractivity contribution in [2.75, 3.05) is 6.61 Å². The predicted octanol–water partition coefficient (Wildman–Crippen LogP) is 3.80. The van der Waals surface area contributed by atoms with Gasteiger partial charge >= 0.3 is 0 Å². The molecule has 102 valence electrons. The number of nitrogens with zero attached hydrogens (tertiary/aromatic N) is 1. The number of aromatic amines is 1. The summed E-state index contributed by atoms with van der Waals surface area (Å²) >= 11 is 0. The molecular weight excluding hydrogens is 248 g/mol. The molecule has 3 nitrogen and oxygen atoms in total. The molecule has 0 saturated carbocycles. The van der Waals surface area contributed by atoms with E-state index in [0.29, 0.717) is 12.5 Å². The van der Waals surface area contributed by atoms with Gasteiger partial charge in [0.25, 0.3) is 0 Å². The molecule has 0 bridgehead atoms. The molecule has 3 aromatic rings. The summed E-state index contributed by atoms with van der Waals surface area (Å²) in [4.78, 5) is 7.67. The van der Waals surface area contributed by atoms with Crippen LogP contribution in [0.15, 0.2) is 42.6 Å². The number of H-pyrrole nitrogens is 1. The van der Waals surface area contributed by atoms with E-state index in [2.05, 4.69) is 48.1 Å². The molecule has 0 aliphatic heterocycles. The summed E-state index contributed by atoms with van der Waals surface area (Å²) in [6, 6.07) is 12.5. The zero-order chi connectivity index (χ0) is 13.9. The molecule has 0 saturated heterocycles. The molecule has 1 aromatic carbocycles. The smallest absolute Gasteiger partial charge is 0.214 e. The highest BCUT2D eigenvalue weighted by Gasteiger charge is 2.04. The first kappa shape index (κ1) is 12.7. The maximum absolute atomic E-state index is 5.77. The van der Waals surface area contributed by atoms with Gasteiger partial charge in [0.1, 0.15) is 0 Å². The quantitative estimate of drug-likeness (QED) is 0.780. The van der Waals surface area contributed by atoms with E-state index < -0.39 is 0 Å². The molecule has 0 aliphatic rings. The lowest BCUT2D eigenvalue weighted by Gasteiger charge is -2.07. The molecule has 2 aromatic heterocycles. The Labute approximate surface area is 118 Å². The van der Waals surface area contributed by atoms with Gasteiger partial charge in [-0.25, -0.2) is 4.98 Å². The molecule has 0 aliphatic carbocycles. The third-order valence-electron chi connectivity index (χ3n) is 3.45. The van der Waals surface area contributed by atoms with Gasteiger partial charge in [-0.3, -0.25) is 0 Å². The van der Waals surface area contributed by atoms with E-state index in [4.69, 9.17) is 4.74 Å². The first-order chi connectivity index (χ1) is 9.72. The first-order valence-electron chi connectivity index (χ1n) is 6.85. The van der Waals surface area contributed by atoms with E-state index in [1.807, 2.05) is 18.3 Å². The first-order valence-corrected chi connectivity index (χ1v) is 6.85. The maximum atomic E-state index is 5.77. The van der Waals surface area contributed by atoms with Crippen LogP contribution in [-0.2, 0) is 6.42 Å². The van der Waals surface area contributed by atoms with Gasteiger partial charge in [0.2, 0.25) is 5.88 Å². The lowest BCUT2D eigenvalue weighted by atomic mass is 10.1. The number of pyridine rings is 1. The molecular formula is C17H18N2O. The molecule has 0 amide bonds. The third-order valence-corrected chi connectivity index (χ3v) is 3.45. The Hall–Kier alpha value is -2.29. The van der Waals surface area contributed by atoms with E-state index in [9.17, 15) is 0 Å². The predicted molar refractivity (Wildman–Crippen MR) is 81.2 cm³/mol. The lowest BCUT2D eigenvalue weighted by molar-refractivity contribution is 0.310. The zero-order valence-corrected chi connectivity index (χ0v) is 11.8. The summed E-state index contributed by atoms with van der Waals surface area (Å²) in [6.07, 6.45) is 2.80. The van der Waals surface area contributed by atoms with Gasteiger partial charge in [0.05, 0.1) is 17.6 Å². The summed E-state index contributed by atoms with van der Waals surface area (Å²) in [5, 5.41) is 0. The normalized spacial score (nSPS) is 10.9. The number of benzene rings is 1. The minimum atomic E-state index is 0.644. The Balaban J connectivity index is 1.66. The number of hydrogen-bond acceptors (Lipinski definition) is 2. The fraction of sp³-hybridized carbons (Fsp3) is 0.235. The van der Waals surface area contributed by atoms with E-state index in [1.54, 1.807) is 0 Å². The highest BCUT2D eigenvalue weighted by Crippen LogP contribution is 2.20. The molecule has 3 heteroatoms. The minimum Gasteiger partial charge on any atom is -0.477 e. The van der Waals surface area contributed by atoms with Gasteiger partial charge < -0.3 is 9.72 Å². The molecule has 0 radical (unpaired) electrons. The number of aryl methyl sites for hydroxylation is 2. The Morgan fingerprint density at radius 1 is 1.10 bits per heavy atom. The van der Waals surface area contributed by atoms with Crippen LogP contribution in [0.1, 0.15) is 16.7 Å². The van der Waals surface area contributed by atoms with Crippen LogP contribution in [-0.4, -0.2) is 16.6 Å². The molecule has 20 heavy (non-hydrogen) atoms. The van der Waals surface area contributed by atoms with Crippen LogP contribution >= 0.6 is 0 Å². The lowest BCUT2D eigenvalue weighted by Crippen LogP contribution is -2.03. The van der Waals surface area contributed by atoms with Crippen molar-refractivity contribution in [1.29, 1.82) is 0 Å². The van der Waals surface area contributed by atoms with Crippen molar-refractivity contribution < 1.29 is 4.74 Å². The van der Waals surface area contributed by atoms with Crippen molar-refractivity contribution in [2.45, 2.75) is 20.3 Å². The highest BCUT2D eigenvalue weighted by molar-refractivity contribution is 5.78. The fourth-order valence-corrected chi connectivity index (χ4v) is 2.28. The topological polar surface area (TPSA) is 37.9 Å². The van der Waals surface area contributed by atoms with Crippen LogP contribution in [0.2, 0.25) is 0 Å². The van der Waals surface area contributed by atoms with Gasteiger partial charge in [-0.05, 0) is 31.0 Å². The number of ether oxygens (including phenoxy) is 1. The molecule has 3 rings (SSSR count). The van der Waals surface area contributed by atoms with Gasteiger partial charge in [0.15, 0.2) is 0 Å². The number of rotatable bonds is 4. The molecule has 0 atom stereocenters. The number of nitrogens with one attached hydrogen (secondary N) is 1. The van der Waals surface area contributed by atoms with E-state index in [0.717, 1.165) is 23.0 Å². The zero-order valence-electron chi connectivity index (χ0n) is 11.8. The van der Waals surface area contributed by atoms with Crippen molar-refractivity contribution in [1.82, 2.24) is 9.97 Å². The summed E-state index contributed by atoms with van der Waals surface area (Å²) in [5.41, 5.74) is 5.76. The van der Waals surface area contributed by atoms with Crippen LogP contribution in [0.4, 0.5) is 0 Å². The Morgan fingerprint density at radius 3 is 2.70 bits per heavy atom. The van der Waals surface area contributed by atoms with Crippen LogP contribution in [0.25, 0.3) is 11.0 Å². The SMILES string of the molecule is Cc1ccc(CCOc2cc(C)c3[nH]ccc3n2)cc1. The van der Waals surface area contributed by atoms with Gasteiger partial charge in [-0.1, -0.05) is 29.8 Å². The monoisotopic (exact) mass is 266 g/mol. The van der Waals surface area contributed by atoms with Crippen molar-refractivity contribution in [3.05, 3.63) is 59.3 Å². The number of hydrogen-bond donors (Lipinski definition) is 1. The second-order valence-corrected chi connectivity index (χ2v) is 5.10. The van der Waals surface area contributed by atoms with Crippen LogP contribution in [0.5, 0.6) is 5.88 Å². The average molecular weight is 266 g/mol. The number of fused-ring (bicyclic) bond motifs is 1. The van der Waals surface area contributed by atoms with Crippen molar-refractivity contribution in [2.24, 2.45) is 0 Å². The van der Waals surface area contributed by atoms with E-state index >= 15 is 0 Å². The molecule has 2 heterocycles. The van der Waals surface area contributed by atoms with Crippen molar-refractivity contribution >= 4 is 11.0 Å². The standard InChI is InChI=1S/C17H18N2O/c1-12-3-5-14(6-4-12)8-10-20-16-11-13(2)17-15(19-16)7-9-18-17/h3-7,9,11,18H,8,10H2,1-2H3. The fourth-order valence-electron chi connectivity index (χ4n) is 2.28. The van der Waals surface area contributed by atoms with Crippen LogP contribution < -0.4 is 4.74 Å². The van der Waals surface area contributed by atoms with E-state index in [1.165, 1.54) is 11.1 Å². The molecule has 1 N–H and O–H groups in total. The second-order valence-electron chi connectivity index (χ2n) is 5.10. The van der Waals surface area contributed by atoms with E-state index in [-0.39, 0.29) is 0 Å².